The van der Waals surface area contributed by atoms with Crippen molar-refractivity contribution in [2.45, 2.75) is 32.4 Å². The minimum atomic E-state index is -0.406. The number of amides is 1. The number of aryl methyl sites for hydroxylation is 1. The van der Waals surface area contributed by atoms with Crippen LogP contribution in [0.5, 0.6) is 5.75 Å². The molecule has 1 aromatic heterocycles. The number of benzene rings is 2. The van der Waals surface area contributed by atoms with E-state index < -0.39 is 6.10 Å². The fourth-order valence-corrected chi connectivity index (χ4v) is 4.27. The molecule has 1 aliphatic heterocycles. The summed E-state index contributed by atoms with van der Waals surface area (Å²) in [6.45, 7) is 3.08. The SMILES string of the molecule is COc1ccccc1CN(C(=O)C1CCCO1)c1nc(-c2ccc(C)cc2)cs1. The summed E-state index contributed by atoms with van der Waals surface area (Å²) < 4.78 is 11.2. The molecule has 6 heteroatoms. The van der Waals surface area contributed by atoms with Gasteiger partial charge in [0.25, 0.3) is 5.91 Å². The molecule has 150 valence electrons. The second-order valence-electron chi connectivity index (χ2n) is 7.12. The molecule has 1 amide bonds. The predicted octanol–water partition coefficient (Wildman–Crippen LogP) is 4.84. The first-order valence-corrected chi connectivity index (χ1v) is 10.6. The van der Waals surface area contributed by atoms with Crippen LogP contribution >= 0.6 is 11.3 Å². The quantitative estimate of drug-likeness (QED) is 0.586. The van der Waals surface area contributed by atoms with Gasteiger partial charge in [-0.2, -0.15) is 0 Å². The number of thiazole rings is 1. The van der Waals surface area contributed by atoms with Crippen LogP contribution in [-0.4, -0.2) is 30.7 Å². The lowest BCUT2D eigenvalue weighted by atomic mass is 10.1. The summed E-state index contributed by atoms with van der Waals surface area (Å²) in [5.74, 6) is 0.714. The van der Waals surface area contributed by atoms with Crippen molar-refractivity contribution in [3.63, 3.8) is 0 Å². The molecular weight excluding hydrogens is 384 g/mol. The number of hydrogen-bond donors (Lipinski definition) is 0. The molecule has 1 saturated heterocycles. The molecule has 0 radical (unpaired) electrons. The zero-order valence-corrected chi connectivity index (χ0v) is 17.4. The first-order chi connectivity index (χ1) is 14.2. The maximum atomic E-state index is 13.3. The van der Waals surface area contributed by atoms with E-state index in [0.717, 1.165) is 35.4 Å². The van der Waals surface area contributed by atoms with Crippen molar-refractivity contribution in [2.24, 2.45) is 0 Å². The molecule has 1 fully saturated rings. The lowest BCUT2D eigenvalue weighted by molar-refractivity contribution is -0.127. The van der Waals surface area contributed by atoms with Crippen LogP contribution in [0.1, 0.15) is 24.0 Å². The van der Waals surface area contributed by atoms with Gasteiger partial charge in [-0.15, -0.1) is 11.3 Å². The van der Waals surface area contributed by atoms with Crippen molar-refractivity contribution >= 4 is 22.4 Å². The highest BCUT2D eigenvalue weighted by Crippen LogP contribution is 2.31. The van der Waals surface area contributed by atoms with Crippen LogP contribution in [0, 0.1) is 6.92 Å². The van der Waals surface area contributed by atoms with Crippen LogP contribution in [0.15, 0.2) is 53.9 Å². The molecule has 2 aromatic carbocycles. The summed E-state index contributed by atoms with van der Waals surface area (Å²) in [6.07, 6.45) is 1.25. The Kier molecular flexibility index (Phi) is 5.92. The maximum Gasteiger partial charge on any atom is 0.258 e. The standard InChI is InChI=1S/C23H24N2O3S/c1-16-9-11-17(12-10-16)19-15-29-23(24-19)25(22(26)21-8-5-13-28-21)14-18-6-3-4-7-20(18)27-2/h3-4,6-7,9-12,15,21H,5,8,13-14H2,1-2H3. The predicted molar refractivity (Wildman–Crippen MR) is 115 cm³/mol. The van der Waals surface area contributed by atoms with Crippen LogP contribution in [-0.2, 0) is 16.1 Å². The number of rotatable bonds is 6. The van der Waals surface area contributed by atoms with Gasteiger partial charge in [-0.25, -0.2) is 4.98 Å². The molecule has 5 nitrogen and oxygen atoms in total. The highest BCUT2D eigenvalue weighted by Gasteiger charge is 2.31. The summed E-state index contributed by atoms with van der Waals surface area (Å²) in [4.78, 5) is 19.8. The van der Waals surface area contributed by atoms with Crippen molar-refractivity contribution in [2.75, 3.05) is 18.6 Å². The van der Waals surface area contributed by atoms with Crippen molar-refractivity contribution in [3.8, 4) is 17.0 Å². The molecule has 0 spiro atoms. The van der Waals surface area contributed by atoms with E-state index in [2.05, 4.69) is 31.2 Å². The Labute approximate surface area is 174 Å². The fraction of sp³-hybridized carbons (Fsp3) is 0.304. The van der Waals surface area contributed by atoms with E-state index in [-0.39, 0.29) is 5.91 Å². The van der Waals surface area contributed by atoms with Crippen molar-refractivity contribution in [1.82, 2.24) is 4.98 Å². The molecule has 0 aliphatic carbocycles. The number of aromatic nitrogens is 1. The van der Waals surface area contributed by atoms with Gasteiger partial charge in [-0.1, -0.05) is 48.0 Å². The number of carbonyl (C=O) groups is 1. The average molecular weight is 409 g/mol. The van der Waals surface area contributed by atoms with Crippen LogP contribution in [0.2, 0.25) is 0 Å². The molecule has 29 heavy (non-hydrogen) atoms. The molecule has 4 rings (SSSR count). The van der Waals surface area contributed by atoms with Gasteiger partial charge < -0.3 is 9.47 Å². The van der Waals surface area contributed by atoms with E-state index in [1.54, 1.807) is 12.0 Å². The topological polar surface area (TPSA) is 51.7 Å². The molecule has 0 saturated carbocycles. The van der Waals surface area contributed by atoms with Gasteiger partial charge in [0, 0.05) is 23.1 Å². The van der Waals surface area contributed by atoms with Gasteiger partial charge in [0.15, 0.2) is 5.13 Å². The monoisotopic (exact) mass is 408 g/mol. The van der Waals surface area contributed by atoms with E-state index in [1.165, 1.54) is 16.9 Å². The third kappa shape index (κ3) is 4.33. The van der Waals surface area contributed by atoms with Crippen molar-refractivity contribution in [3.05, 3.63) is 65.0 Å². The zero-order valence-electron chi connectivity index (χ0n) is 16.6. The maximum absolute atomic E-state index is 13.3. The first-order valence-electron chi connectivity index (χ1n) is 9.73. The van der Waals surface area contributed by atoms with Gasteiger partial charge in [0.1, 0.15) is 11.9 Å². The van der Waals surface area contributed by atoms with Gasteiger partial charge in [-0.3, -0.25) is 9.69 Å². The molecule has 1 aliphatic rings. The molecule has 0 N–H and O–H groups in total. The van der Waals surface area contributed by atoms with Crippen molar-refractivity contribution < 1.29 is 14.3 Å². The molecule has 3 aromatic rings. The second-order valence-corrected chi connectivity index (χ2v) is 7.96. The Bertz CT molecular complexity index is 978. The summed E-state index contributed by atoms with van der Waals surface area (Å²) in [6, 6.07) is 16.0. The second kappa shape index (κ2) is 8.76. The van der Waals surface area contributed by atoms with Crippen LogP contribution < -0.4 is 9.64 Å². The lowest BCUT2D eigenvalue weighted by Gasteiger charge is -2.23. The van der Waals surface area contributed by atoms with E-state index in [1.807, 2.05) is 29.6 Å². The number of nitrogens with zero attached hydrogens (tertiary/aromatic N) is 2. The number of para-hydroxylation sites is 1. The van der Waals surface area contributed by atoms with Crippen LogP contribution in [0.25, 0.3) is 11.3 Å². The molecule has 0 bridgehead atoms. The Morgan fingerprint density at radius 1 is 1.24 bits per heavy atom. The van der Waals surface area contributed by atoms with Gasteiger partial charge in [-0.05, 0) is 25.8 Å². The Morgan fingerprint density at radius 2 is 2.03 bits per heavy atom. The fourth-order valence-electron chi connectivity index (χ4n) is 3.44. The van der Waals surface area contributed by atoms with E-state index in [4.69, 9.17) is 14.5 Å². The largest absolute Gasteiger partial charge is 0.496 e. The molecule has 1 unspecified atom stereocenters. The average Bonchev–Trinajstić information content (AvgIpc) is 3.45. The van der Waals surface area contributed by atoms with E-state index >= 15 is 0 Å². The molecule has 1 atom stereocenters. The van der Waals surface area contributed by atoms with Gasteiger partial charge in [0.2, 0.25) is 0 Å². The Hall–Kier alpha value is -2.70. The zero-order chi connectivity index (χ0) is 20.2. The third-order valence-electron chi connectivity index (χ3n) is 5.06. The minimum absolute atomic E-state index is 0.0433. The number of anilines is 1. The Balaban J connectivity index is 1.66. The first kappa shape index (κ1) is 19.6. The number of ether oxygens (including phenoxy) is 2. The van der Waals surface area contributed by atoms with Crippen molar-refractivity contribution in [1.29, 1.82) is 0 Å². The van der Waals surface area contributed by atoms with Crippen LogP contribution in [0.4, 0.5) is 5.13 Å². The highest BCUT2D eigenvalue weighted by molar-refractivity contribution is 7.14. The lowest BCUT2D eigenvalue weighted by Crippen LogP contribution is -2.38. The molecular formula is C23H24N2O3S. The van der Waals surface area contributed by atoms with E-state index in [0.29, 0.717) is 18.3 Å². The Morgan fingerprint density at radius 3 is 2.76 bits per heavy atom. The number of hydrogen-bond acceptors (Lipinski definition) is 5. The molecule has 2 heterocycles. The highest BCUT2D eigenvalue weighted by atomic mass is 32.1. The third-order valence-corrected chi connectivity index (χ3v) is 5.93. The summed E-state index contributed by atoms with van der Waals surface area (Å²) in [5, 5.41) is 2.67. The van der Waals surface area contributed by atoms with E-state index in [9.17, 15) is 4.79 Å². The van der Waals surface area contributed by atoms with Gasteiger partial charge in [0.05, 0.1) is 19.3 Å². The summed E-state index contributed by atoms with van der Waals surface area (Å²) >= 11 is 1.47. The normalized spacial score (nSPS) is 16.0. The van der Waals surface area contributed by atoms with Crippen LogP contribution in [0.3, 0.4) is 0 Å². The smallest absolute Gasteiger partial charge is 0.258 e. The summed E-state index contributed by atoms with van der Waals surface area (Å²) in [7, 11) is 1.64. The van der Waals surface area contributed by atoms with Gasteiger partial charge >= 0.3 is 0 Å². The number of carbonyl (C=O) groups excluding carboxylic acids is 1. The summed E-state index contributed by atoms with van der Waals surface area (Å²) in [5.41, 5.74) is 4.05. The number of methoxy groups -OCH3 is 1. The minimum Gasteiger partial charge on any atom is -0.496 e.